The molecule has 1 aromatic heterocycles. The Labute approximate surface area is 176 Å². The third kappa shape index (κ3) is 3.98. The molecule has 1 aliphatic rings. The van der Waals surface area contributed by atoms with Crippen LogP contribution in [-0.4, -0.2) is 42.2 Å². The molecule has 1 aliphatic heterocycles. The Balaban J connectivity index is 1.83. The third-order valence-electron chi connectivity index (χ3n) is 5.36. The maximum Gasteiger partial charge on any atom is 0.228 e. The Morgan fingerprint density at radius 1 is 1.03 bits per heavy atom. The summed E-state index contributed by atoms with van der Waals surface area (Å²) in [4.78, 5) is 13.8. The van der Waals surface area contributed by atoms with Crippen LogP contribution < -0.4 is 10.6 Å². The Kier molecular flexibility index (Phi) is 5.40. The molecule has 0 radical (unpaired) electrons. The number of halogens is 3. The van der Waals surface area contributed by atoms with Gasteiger partial charge in [-0.1, -0.05) is 12.1 Å². The zero-order valence-electron chi connectivity index (χ0n) is 16.3. The third-order valence-corrected chi connectivity index (χ3v) is 6.47. The summed E-state index contributed by atoms with van der Waals surface area (Å²) in [5, 5.41) is 0. The summed E-state index contributed by atoms with van der Waals surface area (Å²) in [7, 11) is -3.49. The second kappa shape index (κ2) is 7.89. The van der Waals surface area contributed by atoms with Crippen molar-refractivity contribution in [2.24, 2.45) is 5.73 Å². The molecule has 2 N–H and O–H groups in total. The summed E-state index contributed by atoms with van der Waals surface area (Å²) in [5.74, 6) is -3.89. The highest BCUT2D eigenvalue weighted by molar-refractivity contribution is 7.90. The van der Waals surface area contributed by atoms with Crippen LogP contribution in [0.2, 0.25) is 0 Å². The van der Waals surface area contributed by atoms with E-state index in [1.807, 2.05) is 0 Å². The van der Waals surface area contributed by atoms with E-state index in [9.17, 15) is 21.6 Å². The van der Waals surface area contributed by atoms with Gasteiger partial charge in [0.15, 0.2) is 21.5 Å². The van der Waals surface area contributed by atoms with Crippen molar-refractivity contribution in [2.75, 3.05) is 17.7 Å². The van der Waals surface area contributed by atoms with Crippen molar-refractivity contribution in [3.63, 3.8) is 0 Å². The van der Waals surface area contributed by atoms with Gasteiger partial charge in [-0.25, -0.2) is 36.5 Å². The quantitative estimate of drug-likeness (QED) is 0.610. The SMILES string of the molecule is CS(=O)(=O)c1cccc(C2C(N)C(c3cc(F)c(F)cc3F)CN2c2ncncn2)c1. The predicted molar refractivity (Wildman–Crippen MR) is 106 cm³/mol. The van der Waals surface area contributed by atoms with Gasteiger partial charge in [0.25, 0.3) is 0 Å². The molecule has 11 heteroatoms. The van der Waals surface area contributed by atoms with Gasteiger partial charge in [0, 0.05) is 30.8 Å². The predicted octanol–water partition coefficient (Wildman–Crippen LogP) is 2.36. The molecule has 3 aromatic rings. The van der Waals surface area contributed by atoms with Crippen LogP contribution in [0.15, 0.2) is 53.9 Å². The zero-order valence-corrected chi connectivity index (χ0v) is 17.1. The van der Waals surface area contributed by atoms with Gasteiger partial charge in [-0.2, -0.15) is 0 Å². The van der Waals surface area contributed by atoms with Gasteiger partial charge in [0.05, 0.1) is 10.9 Å². The van der Waals surface area contributed by atoms with Crippen molar-refractivity contribution in [1.82, 2.24) is 15.0 Å². The molecule has 2 heterocycles. The summed E-state index contributed by atoms with van der Waals surface area (Å²) < 4.78 is 65.9. The van der Waals surface area contributed by atoms with E-state index in [1.54, 1.807) is 17.0 Å². The number of hydrogen-bond acceptors (Lipinski definition) is 7. The Hall–Kier alpha value is -3.05. The second-order valence-electron chi connectivity index (χ2n) is 7.35. The lowest BCUT2D eigenvalue weighted by atomic mass is 9.89. The standard InChI is InChI=1S/C20H18F3N5O2S/c1-31(29,30)12-4-2-3-11(5-12)19-18(24)14(8-28(19)20-26-9-25-10-27-20)13-6-16(22)17(23)7-15(13)21/h2-7,9-10,14,18-19H,8,24H2,1H3. The molecular formula is C20H18F3N5O2S. The lowest BCUT2D eigenvalue weighted by Crippen LogP contribution is -2.34. The number of anilines is 1. The molecule has 1 fully saturated rings. The molecule has 3 unspecified atom stereocenters. The van der Waals surface area contributed by atoms with Crippen LogP contribution in [0.3, 0.4) is 0 Å². The van der Waals surface area contributed by atoms with Gasteiger partial charge in [-0.3, -0.25) is 0 Å². The van der Waals surface area contributed by atoms with Gasteiger partial charge < -0.3 is 10.6 Å². The van der Waals surface area contributed by atoms with Crippen LogP contribution in [0.4, 0.5) is 19.1 Å². The Morgan fingerprint density at radius 2 is 1.71 bits per heavy atom. The molecule has 0 aliphatic carbocycles. The van der Waals surface area contributed by atoms with E-state index in [-0.39, 0.29) is 23.0 Å². The van der Waals surface area contributed by atoms with Crippen LogP contribution in [0, 0.1) is 17.5 Å². The molecule has 3 atom stereocenters. The minimum absolute atomic E-state index is 0.0766. The molecule has 0 bridgehead atoms. The highest BCUT2D eigenvalue weighted by Crippen LogP contribution is 2.42. The number of benzene rings is 2. The first-order chi connectivity index (χ1) is 14.7. The largest absolute Gasteiger partial charge is 0.331 e. The number of nitrogens with zero attached hydrogens (tertiary/aromatic N) is 4. The number of nitrogens with two attached hydrogens (primary N) is 1. The molecule has 4 rings (SSSR count). The average Bonchev–Trinajstić information content (AvgIpc) is 3.08. The summed E-state index contributed by atoms with van der Waals surface area (Å²) in [6.07, 6.45) is 3.65. The van der Waals surface area contributed by atoms with Crippen LogP contribution >= 0.6 is 0 Å². The first-order valence-electron chi connectivity index (χ1n) is 9.25. The van der Waals surface area contributed by atoms with E-state index in [4.69, 9.17) is 5.73 Å². The van der Waals surface area contributed by atoms with Gasteiger partial charge in [0.1, 0.15) is 18.5 Å². The van der Waals surface area contributed by atoms with Crippen molar-refractivity contribution in [3.8, 4) is 0 Å². The van der Waals surface area contributed by atoms with Crippen molar-refractivity contribution in [1.29, 1.82) is 0 Å². The second-order valence-corrected chi connectivity index (χ2v) is 9.37. The molecule has 0 saturated carbocycles. The molecule has 2 aromatic carbocycles. The Morgan fingerprint density at radius 3 is 2.39 bits per heavy atom. The van der Waals surface area contributed by atoms with Gasteiger partial charge in [-0.15, -0.1) is 0 Å². The molecular weight excluding hydrogens is 431 g/mol. The monoisotopic (exact) mass is 449 g/mol. The van der Waals surface area contributed by atoms with Gasteiger partial charge in [0.2, 0.25) is 5.95 Å². The van der Waals surface area contributed by atoms with Crippen molar-refractivity contribution < 1.29 is 21.6 Å². The van der Waals surface area contributed by atoms with Crippen molar-refractivity contribution >= 4 is 15.8 Å². The van der Waals surface area contributed by atoms with Crippen LogP contribution in [0.1, 0.15) is 23.1 Å². The minimum Gasteiger partial charge on any atom is -0.331 e. The fourth-order valence-corrected chi connectivity index (χ4v) is 4.60. The maximum absolute atomic E-state index is 14.5. The molecule has 7 nitrogen and oxygen atoms in total. The number of rotatable bonds is 4. The van der Waals surface area contributed by atoms with Crippen LogP contribution in [0.25, 0.3) is 0 Å². The average molecular weight is 449 g/mol. The number of aromatic nitrogens is 3. The molecule has 162 valence electrons. The summed E-state index contributed by atoms with van der Waals surface area (Å²) >= 11 is 0. The van der Waals surface area contributed by atoms with Crippen molar-refractivity contribution in [2.45, 2.75) is 22.9 Å². The molecule has 1 saturated heterocycles. The van der Waals surface area contributed by atoms with Crippen LogP contribution in [-0.2, 0) is 9.84 Å². The van der Waals surface area contributed by atoms with E-state index in [2.05, 4.69) is 15.0 Å². The fraction of sp³-hybridized carbons (Fsp3) is 0.250. The lowest BCUT2D eigenvalue weighted by Gasteiger charge is -2.27. The first-order valence-corrected chi connectivity index (χ1v) is 11.1. The smallest absolute Gasteiger partial charge is 0.228 e. The minimum atomic E-state index is -3.49. The topological polar surface area (TPSA) is 102 Å². The maximum atomic E-state index is 14.5. The highest BCUT2D eigenvalue weighted by Gasteiger charge is 2.43. The Bertz CT molecular complexity index is 1230. The number of hydrogen-bond donors (Lipinski definition) is 1. The summed E-state index contributed by atoms with van der Waals surface area (Å²) in [6.45, 7) is 0.0982. The summed E-state index contributed by atoms with van der Waals surface area (Å²) in [6, 6.07) is 6.05. The normalized spacial score (nSPS) is 21.5. The lowest BCUT2D eigenvalue weighted by molar-refractivity contribution is 0.478. The molecule has 31 heavy (non-hydrogen) atoms. The van der Waals surface area contributed by atoms with E-state index < -0.39 is 45.3 Å². The first kappa shape index (κ1) is 21.2. The molecule has 0 spiro atoms. The highest BCUT2D eigenvalue weighted by atomic mass is 32.2. The molecule has 0 amide bonds. The van der Waals surface area contributed by atoms with E-state index in [0.717, 1.165) is 12.3 Å². The zero-order chi connectivity index (χ0) is 22.3. The van der Waals surface area contributed by atoms with E-state index in [1.165, 1.54) is 24.8 Å². The fourth-order valence-electron chi connectivity index (χ4n) is 3.92. The van der Waals surface area contributed by atoms with Gasteiger partial charge in [-0.05, 0) is 29.3 Å². The van der Waals surface area contributed by atoms with Crippen molar-refractivity contribution in [3.05, 3.63) is 77.6 Å². The van der Waals surface area contributed by atoms with E-state index >= 15 is 0 Å². The van der Waals surface area contributed by atoms with Gasteiger partial charge >= 0.3 is 0 Å². The number of sulfone groups is 1. The summed E-state index contributed by atoms with van der Waals surface area (Å²) in [5.41, 5.74) is 6.95. The van der Waals surface area contributed by atoms with E-state index in [0.29, 0.717) is 11.6 Å². The van der Waals surface area contributed by atoms with Crippen LogP contribution in [0.5, 0.6) is 0 Å².